The number of halogens is 1. The molecule has 0 aromatic heterocycles. The number of hydrogen-bond donors (Lipinski definition) is 0. The Balaban J connectivity index is 3.83. The Kier molecular flexibility index (Phi) is 5.75. The number of ketones is 1. The summed E-state index contributed by atoms with van der Waals surface area (Å²) in [5.74, 6) is 0.167. The first-order valence-corrected chi connectivity index (χ1v) is 4.10. The van der Waals surface area contributed by atoms with E-state index >= 15 is 0 Å². The van der Waals surface area contributed by atoms with Crippen molar-refractivity contribution in [2.24, 2.45) is 0 Å². The summed E-state index contributed by atoms with van der Waals surface area (Å²) in [5.41, 5.74) is 0. The van der Waals surface area contributed by atoms with Gasteiger partial charge in [0.05, 0.1) is 0 Å². The third-order valence-corrected chi connectivity index (χ3v) is 1.49. The van der Waals surface area contributed by atoms with Gasteiger partial charge < -0.3 is 0 Å². The van der Waals surface area contributed by atoms with Crippen molar-refractivity contribution >= 4 is 21.7 Å². The molecule has 0 aliphatic rings. The van der Waals surface area contributed by atoms with Gasteiger partial charge >= 0.3 is 0 Å². The fourth-order valence-electron chi connectivity index (χ4n) is 0.506. The van der Waals surface area contributed by atoms with E-state index in [0.717, 1.165) is 4.48 Å². The minimum absolute atomic E-state index is 0.167. The third-order valence-electron chi connectivity index (χ3n) is 0.959. The van der Waals surface area contributed by atoms with Crippen molar-refractivity contribution in [2.75, 3.05) is 0 Å². The Morgan fingerprint density at radius 3 is 2.73 bits per heavy atom. The van der Waals surface area contributed by atoms with Crippen molar-refractivity contribution < 1.29 is 4.79 Å². The van der Waals surface area contributed by atoms with Gasteiger partial charge in [-0.15, -0.1) is 0 Å². The molecule has 0 aliphatic heterocycles. The second-order valence-corrected chi connectivity index (χ2v) is 3.01. The largest absolute Gasteiger partial charge is 0.300 e. The summed E-state index contributed by atoms with van der Waals surface area (Å²) in [5, 5.41) is 0. The van der Waals surface area contributed by atoms with E-state index in [-0.39, 0.29) is 5.78 Å². The van der Waals surface area contributed by atoms with Gasteiger partial charge in [-0.2, -0.15) is 0 Å². The topological polar surface area (TPSA) is 17.1 Å². The van der Waals surface area contributed by atoms with Crippen LogP contribution in [0.3, 0.4) is 0 Å². The highest BCUT2D eigenvalue weighted by atomic mass is 79.9. The van der Waals surface area contributed by atoms with Crippen LogP contribution in [0.4, 0.5) is 0 Å². The monoisotopic (exact) mass is 214 g/mol. The van der Waals surface area contributed by atoms with Crippen LogP contribution in [-0.4, -0.2) is 5.78 Å². The van der Waals surface area contributed by atoms with Crippen LogP contribution in [-0.2, 0) is 4.79 Å². The highest BCUT2D eigenvalue weighted by molar-refractivity contribution is 9.11. The lowest BCUT2D eigenvalue weighted by Gasteiger charge is -1.85. The number of Topliss-reactive ketones (excluding diaryl/α,β-unsaturated/α-hetero) is 1. The van der Waals surface area contributed by atoms with Gasteiger partial charge in [0, 0.05) is 10.9 Å². The number of allylic oxidation sites excluding steroid dienone is 5. The quantitative estimate of drug-likeness (QED) is 0.659. The molecular formula is C9H11BrO. The van der Waals surface area contributed by atoms with Gasteiger partial charge in [-0.1, -0.05) is 40.7 Å². The van der Waals surface area contributed by atoms with Crippen LogP contribution in [0.1, 0.15) is 13.3 Å². The number of carbonyl (C=O) groups excluding carboxylic acids is 1. The molecule has 0 saturated carbocycles. The third kappa shape index (κ3) is 7.26. The number of hydrogen-bond acceptors (Lipinski definition) is 1. The minimum atomic E-state index is 0.167. The molecule has 0 heterocycles. The highest BCUT2D eigenvalue weighted by Gasteiger charge is 1.85. The molecule has 0 atom stereocenters. The molecule has 0 unspecified atom stereocenters. The Labute approximate surface area is 75.6 Å². The first-order valence-electron chi connectivity index (χ1n) is 3.31. The van der Waals surface area contributed by atoms with Crippen LogP contribution < -0.4 is 0 Å². The molecule has 0 aromatic rings. The van der Waals surface area contributed by atoms with Crippen molar-refractivity contribution in [3.63, 3.8) is 0 Å². The Hall–Kier alpha value is -0.630. The summed E-state index contributed by atoms with van der Waals surface area (Å²) in [7, 11) is 0. The van der Waals surface area contributed by atoms with Gasteiger partial charge in [0.1, 0.15) is 5.78 Å². The molecular weight excluding hydrogens is 204 g/mol. The minimum Gasteiger partial charge on any atom is -0.300 e. The van der Waals surface area contributed by atoms with Crippen LogP contribution in [0.15, 0.2) is 35.4 Å². The summed E-state index contributed by atoms with van der Waals surface area (Å²) in [6, 6.07) is 0. The molecule has 11 heavy (non-hydrogen) atoms. The van der Waals surface area contributed by atoms with E-state index in [4.69, 9.17) is 0 Å². The molecule has 2 heteroatoms. The maximum absolute atomic E-state index is 10.5. The lowest BCUT2D eigenvalue weighted by atomic mass is 10.3. The maximum Gasteiger partial charge on any atom is 0.133 e. The van der Waals surface area contributed by atoms with Gasteiger partial charge in [0.25, 0.3) is 0 Å². The standard InChI is InChI=1S/C9H11BrO/c1-3-5-9(10)7-4-6-8(2)11/h3-5,7H,1,6H2,2H3/b7-4+,9-5+. The fraction of sp³-hybridized carbons (Fsp3) is 0.222. The summed E-state index contributed by atoms with van der Waals surface area (Å²) in [6.45, 7) is 5.10. The van der Waals surface area contributed by atoms with E-state index in [0.29, 0.717) is 6.42 Å². The van der Waals surface area contributed by atoms with E-state index in [1.165, 1.54) is 0 Å². The molecule has 0 saturated heterocycles. The molecule has 1 nitrogen and oxygen atoms in total. The maximum atomic E-state index is 10.5. The lowest BCUT2D eigenvalue weighted by molar-refractivity contribution is -0.116. The molecule has 0 aromatic carbocycles. The molecule has 0 N–H and O–H groups in total. The van der Waals surface area contributed by atoms with Crippen LogP contribution in [0.25, 0.3) is 0 Å². The zero-order chi connectivity index (χ0) is 8.69. The van der Waals surface area contributed by atoms with Crippen LogP contribution >= 0.6 is 15.9 Å². The van der Waals surface area contributed by atoms with Crippen LogP contribution in [0.5, 0.6) is 0 Å². The van der Waals surface area contributed by atoms with E-state index in [2.05, 4.69) is 22.5 Å². The lowest BCUT2D eigenvalue weighted by Crippen LogP contribution is -1.83. The second-order valence-electron chi connectivity index (χ2n) is 2.10. The average Bonchev–Trinajstić information content (AvgIpc) is 1.87. The van der Waals surface area contributed by atoms with Gasteiger partial charge in [-0.05, 0) is 13.0 Å². The Bertz CT molecular complexity index is 202. The Morgan fingerprint density at radius 1 is 1.64 bits per heavy atom. The van der Waals surface area contributed by atoms with E-state index in [1.807, 2.05) is 18.2 Å². The highest BCUT2D eigenvalue weighted by Crippen LogP contribution is 2.06. The fourth-order valence-corrected chi connectivity index (χ4v) is 0.879. The molecule has 60 valence electrons. The molecule has 0 rings (SSSR count). The number of rotatable bonds is 4. The van der Waals surface area contributed by atoms with Crippen molar-refractivity contribution in [1.82, 2.24) is 0 Å². The van der Waals surface area contributed by atoms with Crippen molar-refractivity contribution in [3.05, 3.63) is 35.4 Å². The first kappa shape index (κ1) is 10.4. The first-order chi connectivity index (χ1) is 5.16. The SMILES string of the molecule is C=C/C=C(Br)\C=C\CC(C)=O. The summed E-state index contributed by atoms with van der Waals surface area (Å²) in [6.07, 6.45) is 7.63. The second kappa shape index (κ2) is 6.10. The van der Waals surface area contributed by atoms with Gasteiger partial charge in [-0.3, -0.25) is 4.79 Å². The van der Waals surface area contributed by atoms with E-state index in [9.17, 15) is 4.79 Å². The summed E-state index contributed by atoms with van der Waals surface area (Å²) < 4.78 is 0.925. The molecule has 0 spiro atoms. The zero-order valence-corrected chi connectivity index (χ0v) is 8.10. The van der Waals surface area contributed by atoms with Gasteiger partial charge in [-0.25, -0.2) is 0 Å². The number of carbonyl (C=O) groups is 1. The summed E-state index contributed by atoms with van der Waals surface area (Å²) >= 11 is 3.28. The van der Waals surface area contributed by atoms with Crippen molar-refractivity contribution in [3.8, 4) is 0 Å². The normalized spacial score (nSPS) is 12.0. The smallest absolute Gasteiger partial charge is 0.133 e. The van der Waals surface area contributed by atoms with E-state index < -0.39 is 0 Å². The van der Waals surface area contributed by atoms with Crippen molar-refractivity contribution in [2.45, 2.75) is 13.3 Å². The summed E-state index contributed by atoms with van der Waals surface area (Å²) in [4.78, 5) is 10.5. The van der Waals surface area contributed by atoms with Crippen LogP contribution in [0.2, 0.25) is 0 Å². The predicted molar refractivity (Wildman–Crippen MR) is 51.6 cm³/mol. The van der Waals surface area contributed by atoms with E-state index in [1.54, 1.807) is 13.0 Å². The molecule has 0 aliphatic carbocycles. The molecule has 0 bridgehead atoms. The Morgan fingerprint density at radius 2 is 2.27 bits per heavy atom. The average molecular weight is 215 g/mol. The van der Waals surface area contributed by atoms with Gasteiger partial charge in [0.2, 0.25) is 0 Å². The molecule has 0 fully saturated rings. The van der Waals surface area contributed by atoms with Crippen LogP contribution in [0, 0.1) is 0 Å². The molecule has 0 amide bonds. The predicted octanol–water partition coefficient (Wildman–Crippen LogP) is 2.99. The zero-order valence-electron chi connectivity index (χ0n) is 6.51. The van der Waals surface area contributed by atoms with Gasteiger partial charge in [0.15, 0.2) is 0 Å². The van der Waals surface area contributed by atoms with Crippen molar-refractivity contribution in [1.29, 1.82) is 0 Å². The molecule has 0 radical (unpaired) electrons.